The first-order valence-electron chi connectivity index (χ1n) is 6.31. The maximum Gasteiger partial charge on any atom is 0.333 e. The molecule has 1 fully saturated rings. The monoisotopic (exact) mass is 287 g/mol. The second kappa shape index (κ2) is 6.05. The van der Waals surface area contributed by atoms with Gasteiger partial charge in [-0.15, -0.1) is 0 Å². The Bertz CT molecular complexity index is 635. The van der Waals surface area contributed by atoms with Crippen LogP contribution in [0.5, 0.6) is 5.75 Å². The minimum Gasteiger partial charge on any atom is -0.492 e. The third-order valence-corrected chi connectivity index (χ3v) is 3.04. The lowest BCUT2D eigenvalue weighted by molar-refractivity contribution is -0.142. The number of nitriles is 1. The first-order chi connectivity index (χ1) is 10.1. The van der Waals surface area contributed by atoms with Gasteiger partial charge in [-0.25, -0.2) is 4.79 Å². The van der Waals surface area contributed by atoms with Crippen molar-refractivity contribution in [2.24, 2.45) is 0 Å². The summed E-state index contributed by atoms with van der Waals surface area (Å²) in [5.74, 6) is -1.19. The van der Waals surface area contributed by atoms with Crippen LogP contribution in [0, 0.1) is 11.3 Å². The molecule has 4 amide bonds. The molecule has 0 aliphatic carbocycles. The number of amides is 4. The van der Waals surface area contributed by atoms with Crippen LogP contribution in [-0.4, -0.2) is 47.8 Å². The SMILES string of the molecule is CN1C(=O)C(=O)N(CCCOc2ccccc2C#N)C1=O. The zero-order valence-corrected chi connectivity index (χ0v) is 11.4. The van der Waals surface area contributed by atoms with E-state index in [-0.39, 0.29) is 13.2 Å². The molecule has 1 aromatic carbocycles. The van der Waals surface area contributed by atoms with Crippen molar-refractivity contribution in [3.63, 3.8) is 0 Å². The number of urea groups is 1. The summed E-state index contributed by atoms with van der Waals surface area (Å²) < 4.78 is 5.44. The van der Waals surface area contributed by atoms with E-state index in [2.05, 4.69) is 0 Å². The van der Waals surface area contributed by atoms with Crippen LogP contribution >= 0.6 is 0 Å². The Morgan fingerprint density at radius 2 is 1.90 bits per heavy atom. The summed E-state index contributed by atoms with van der Waals surface area (Å²) in [5, 5.41) is 8.90. The largest absolute Gasteiger partial charge is 0.492 e. The minimum absolute atomic E-state index is 0.0997. The Hall–Kier alpha value is -2.88. The fourth-order valence-electron chi connectivity index (χ4n) is 1.90. The van der Waals surface area contributed by atoms with Crippen molar-refractivity contribution < 1.29 is 19.1 Å². The highest BCUT2D eigenvalue weighted by Gasteiger charge is 2.41. The van der Waals surface area contributed by atoms with Gasteiger partial charge in [-0.2, -0.15) is 5.26 Å². The van der Waals surface area contributed by atoms with E-state index in [1.165, 1.54) is 7.05 Å². The van der Waals surface area contributed by atoms with E-state index >= 15 is 0 Å². The molecule has 108 valence electrons. The Labute approximate surface area is 121 Å². The van der Waals surface area contributed by atoms with Crippen LogP contribution in [-0.2, 0) is 9.59 Å². The number of benzene rings is 1. The number of carbonyl (C=O) groups is 3. The lowest BCUT2D eigenvalue weighted by atomic mass is 10.2. The van der Waals surface area contributed by atoms with Gasteiger partial charge in [0.2, 0.25) is 0 Å². The zero-order valence-electron chi connectivity index (χ0n) is 11.4. The highest BCUT2D eigenvalue weighted by Crippen LogP contribution is 2.17. The fourth-order valence-corrected chi connectivity index (χ4v) is 1.90. The first-order valence-corrected chi connectivity index (χ1v) is 6.31. The molecule has 7 heteroatoms. The molecule has 0 saturated carbocycles. The van der Waals surface area contributed by atoms with Crippen LogP contribution in [0.2, 0.25) is 0 Å². The van der Waals surface area contributed by atoms with Gasteiger partial charge in [0.1, 0.15) is 11.8 Å². The van der Waals surface area contributed by atoms with Gasteiger partial charge < -0.3 is 4.74 Å². The van der Waals surface area contributed by atoms with Crippen LogP contribution in [0.4, 0.5) is 4.79 Å². The quantitative estimate of drug-likeness (QED) is 0.453. The number of ether oxygens (including phenoxy) is 1. The van der Waals surface area contributed by atoms with Crippen molar-refractivity contribution in [2.45, 2.75) is 6.42 Å². The van der Waals surface area contributed by atoms with E-state index in [1.807, 2.05) is 6.07 Å². The molecule has 0 radical (unpaired) electrons. The summed E-state index contributed by atoms with van der Waals surface area (Å²) in [6, 6.07) is 8.17. The molecule has 0 atom stereocenters. The molecule has 0 aromatic heterocycles. The van der Waals surface area contributed by atoms with Crippen LogP contribution in [0.1, 0.15) is 12.0 Å². The smallest absolute Gasteiger partial charge is 0.333 e. The van der Waals surface area contributed by atoms with Crippen LogP contribution < -0.4 is 4.74 Å². The molecular weight excluding hydrogens is 274 g/mol. The molecule has 21 heavy (non-hydrogen) atoms. The second-order valence-electron chi connectivity index (χ2n) is 4.41. The van der Waals surface area contributed by atoms with Gasteiger partial charge in [0.05, 0.1) is 12.2 Å². The third kappa shape index (κ3) is 2.84. The van der Waals surface area contributed by atoms with Crippen molar-refractivity contribution in [1.29, 1.82) is 5.26 Å². The van der Waals surface area contributed by atoms with E-state index in [0.29, 0.717) is 17.7 Å². The van der Waals surface area contributed by atoms with Gasteiger partial charge in [0, 0.05) is 13.6 Å². The lowest BCUT2D eigenvalue weighted by Crippen LogP contribution is -2.33. The van der Waals surface area contributed by atoms with Crippen molar-refractivity contribution in [3.05, 3.63) is 29.8 Å². The molecule has 0 bridgehead atoms. The van der Waals surface area contributed by atoms with Gasteiger partial charge in [0.25, 0.3) is 0 Å². The molecule has 7 nitrogen and oxygen atoms in total. The van der Waals surface area contributed by atoms with Gasteiger partial charge in [0.15, 0.2) is 0 Å². The predicted octanol–water partition coefficient (Wildman–Crippen LogP) is 0.748. The van der Waals surface area contributed by atoms with Crippen LogP contribution in [0.15, 0.2) is 24.3 Å². The summed E-state index contributed by atoms with van der Waals surface area (Å²) in [6.07, 6.45) is 0.373. The average molecular weight is 287 g/mol. The Morgan fingerprint density at radius 3 is 2.52 bits per heavy atom. The summed E-state index contributed by atoms with van der Waals surface area (Å²) in [5.41, 5.74) is 0.417. The summed E-state index contributed by atoms with van der Waals surface area (Å²) in [7, 11) is 1.27. The molecule has 1 aromatic rings. The van der Waals surface area contributed by atoms with Crippen LogP contribution in [0.25, 0.3) is 0 Å². The third-order valence-electron chi connectivity index (χ3n) is 3.04. The lowest BCUT2D eigenvalue weighted by Gasteiger charge is -2.13. The highest BCUT2D eigenvalue weighted by atomic mass is 16.5. The molecule has 0 N–H and O–H groups in total. The van der Waals surface area contributed by atoms with Crippen molar-refractivity contribution in [3.8, 4) is 11.8 Å². The summed E-state index contributed by atoms with van der Waals surface area (Å²) >= 11 is 0. The topological polar surface area (TPSA) is 90.7 Å². The maximum atomic E-state index is 11.6. The molecule has 1 heterocycles. The first kappa shape index (κ1) is 14.5. The highest BCUT2D eigenvalue weighted by molar-refractivity contribution is 6.44. The van der Waals surface area contributed by atoms with Crippen molar-refractivity contribution in [1.82, 2.24) is 9.80 Å². The van der Waals surface area contributed by atoms with Crippen molar-refractivity contribution >= 4 is 17.8 Å². The fraction of sp³-hybridized carbons (Fsp3) is 0.286. The molecule has 0 spiro atoms. The number of carbonyl (C=O) groups excluding carboxylic acids is 3. The van der Waals surface area contributed by atoms with E-state index in [0.717, 1.165) is 9.80 Å². The normalized spacial score (nSPS) is 14.6. The Morgan fingerprint density at radius 1 is 1.19 bits per heavy atom. The van der Waals surface area contributed by atoms with E-state index in [4.69, 9.17) is 10.00 Å². The molecule has 1 aliphatic rings. The summed E-state index contributed by atoms with van der Waals surface area (Å²) in [6.45, 7) is 0.329. The van der Waals surface area contributed by atoms with Gasteiger partial charge in [-0.3, -0.25) is 19.4 Å². The van der Waals surface area contributed by atoms with Gasteiger partial charge in [-0.05, 0) is 18.6 Å². The molecule has 0 unspecified atom stereocenters. The Balaban J connectivity index is 1.86. The predicted molar refractivity (Wildman–Crippen MR) is 71.1 cm³/mol. The molecule has 2 rings (SSSR count). The van der Waals surface area contributed by atoms with Gasteiger partial charge >= 0.3 is 17.8 Å². The number of nitrogens with zero attached hydrogens (tertiary/aromatic N) is 3. The number of rotatable bonds is 5. The summed E-state index contributed by atoms with van der Waals surface area (Å²) in [4.78, 5) is 36.1. The van der Waals surface area contributed by atoms with E-state index in [1.54, 1.807) is 24.3 Å². The van der Waals surface area contributed by atoms with E-state index in [9.17, 15) is 14.4 Å². The zero-order chi connectivity index (χ0) is 15.4. The molecular formula is C14H13N3O4. The number of imide groups is 2. The molecule has 1 saturated heterocycles. The number of hydrogen-bond acceptors (Lipinski definition) is 5. The maximum absolute atomic E-state index is 11.6. The van der Waals surface area contributed by atoms with Crippen molar-refractivity contribution in [2.75, 3.05) is 20.2 Å². The standard InChI is InChI=1S/C14H13N3O4/c1-16-12(18)13(19)17(14(16)20)7-4-8-21-11-6-3-2-5-10(11)9-15/h2-3,5-6H,4,7-8H2,1H3. The average Bonchev–Trinajstić information content (AvgIpc) is 2.69. The van der Waals surface area contributed by atoms with E-state index < -0.39 is 17.8 Å². The second-order valence-corrected chi connectivity index (χ2v) is 4.41. The van der Waals surface area contributed by atoms with Gasteiger partial charge in [-0.1, -0.05) is 12.1 Å². The Kier molecular flexibility index (Phi) is 4.18. The van der Waals surface area contributed by atoms with Crippen LogP contribution in [0.3, 0.4) is 0 Å². The minimum atomic E-state index is -0.823. The number of hydrogen-bond donors (Lipinski definition) is 0. The number of para-hydroxylation sites is 1. The molecule has 1 aliphatic heterocycles. The number of likely N-dealkylation sites (N-methyl/N-ethyl adjacent to an activating group) is 1.